The van der Waals surface area contributed by atoms with Gasteiger partial charge in [0, 0.05) is 0 Å². The number of hydrogen-bond acceptors (Lipinski definition) is 1. The first kappa shape index (κ1) is 12.0. The zero-order chi connectivity index (χ0) is 9.56. The SMILES string of the molecule is CCNCCC(C)C(C)C(C)C. The van der Waals surface area contributed by atoms with E-state index in [1.54, 1.807) is 0 Å². The van der Waals surface area contributed by atoms with E-state index in [2.05, 4.69) is 39.9 Å². The lowest BCUT2D eigenvalue weighted by molar-refractivity contribution is 0.280. The van der Waals surface area contributed by atoms with E-state index in [9.17, 15) is 0 Å². The second-order valence-corrected chi connectivity index (χ2v) is 4.22. The molecule has 0 aromatic heterocycles. The van der Waals surface area contributed by atoms with E-state index in [1.807, 2.05) is 0 Å². The van der Waals surface area contributed by atoms with Gasteiger partial charge >= 0.3 is 0 Å². The normalized spacial score (nSPS) is 16.5. The molecular weight excluding hydrogens is 146 g/mol. The van der Waals surface area contributed by atoms with Crippen LogP contribution in [0.4, 0.5) is 0 Å². The van der Waals surface area contributed by atoms with Crippen molar-refractivity contribution >= 4 is 0 Å². The second kappa shape index (κ2) is 6.47. The van der Waals surface area contributed by atoms with E-state index < -0.39 is 0 Å². The van der Waals surface area contributed by atoms with Crippen LogP contribution in [0.25, 0.3) is 0 Å². The first-order valence-electron chi connectivity index (χ1n) is 5.30. The van der Waals surface area contributed by atoms with Crippen molar-refractivity contribution < 1.29 is 0 Å². The van der Waals surface area contributed by atoms with Crippen LogP contribution in [0, 0.1) is 17.8 Å². The lowest BCUT2D eigenvalue weighted by atomic mass is 9.84. The van der Waals surface area contributed by atoms with Gasteiger partial charge in [0.2, 0.25) is 0 Å². The summed E-state index contributed by atoms with van der Waals surface area (Å²) in [5.41, 5.74) is 0. The molecule has 2 atom stereocenters. The summed E-state index contributed by atoms with van der Waals surface area (Å²) in [7, 11) is 0. The summed E-state index contributed by atoms with van der Waals surface area (Å²) in [5.74, 6) is 2.52. The van der Waals surface area contributed by atoms with Gasteiger partial charge in [-0.1, -0.05) is 34.6 Å². The van der Waals surface area contributed by atoms with Gasteiger partial charge in [-0.3, -0.25) is 0 Å². The average molecular weight is 171 g/mol. The molecule has 0 radical (unpaired) electrons. The maximum absolute atomic E-state index is 3.37. The number of nitrogens with one attached hydrogen (secondary N) is 1. The molecule has 0 bridgehead atoms. The van der Waals surface area contributed by atoms with Gasteiger partial charge in [-0.15, -0.1) is 0 Å². The molecule has 0 aromatic carbocycles. The molecule has 1 N–H and O–H groups in total. The van der Waals surface area contributed by atoms with Crippen molar-refractivity contribution in [2.75, 3.05) is 13.1 Å². The highest BCUT2D eigenvalue weighted by molar-refractivity contribution is 4.65. The predicted molar refractivity (Wildman–Crippen MR) is 56.3 cm³/mol. The van der Waals surface area contributed by atoms with Crippen LogP contribution in [0.15, 0.2) is 0 Å². The van der Waals surface area contributed by atoms with Gasteiger partial charge in [0.05, 0.1) is 0 Å². The summed E-state index contributed by atoms with van der Waals surface area (Å²) in [4.78, 5) is 0. The Kier molecular flexibility index (Phi) is 6.45. The van der Waals surface area contributed by atoms with E-state index >= 15 is 0 Å². The Labute approximate surface area is 77.9 Å². The largest absolute Gasteiger partial charge is 0.317 e. The molecule has 0 spiro atoms. The van der Waals surface area contributed by atoms with Crippen molar-refractivity contribution in [3.8, 4) is 0 Å². The molecule has 1 nitrogen and oxygen atoms in total. The molecule has 0 aliphatic carbocycles. The Balaban J connectivity index is 3.49. The molecule has 0 rings (SSSR count). The molecule has 0 aromatic rings. The van der Waals surface area contributed by atoms with E-state index in [0.717, 1.165) is 24.3 Å². The Hall–Kier alpha value is -0.0400. The van der Waals surface area contributed by atoms with Crippen LogP contribution < -0.4 is 5.32 Å². The van der Waals surface area contributed by atoms with Crippen molar-refractivity contribution in [1.29, 1.82) is 0 Å². The molecule has 0 saturated heterocycles. The lowest BCUT2D eigenvalue weighted by Crippen LogP contribution is -2.21. The summed E-state index contributed by atoms with van der Waals surface area (Å²) in [6.07, 6.45) is 1.31. The van der Waals surface area contributed by atoms with Crippen molar-refractivity contribution in [1.82, 2.24) is 5.32 Å². The minimum atomic E-state index is 0.821. The molecule has 0 aliphatic heterocycles. The van der Waals surface area contributed by atoms with Crippen LogP contribution in [0.1, 0.15) is 41.0 Å². The molecule has 1 heteroatoms. The molecule has 0 heterocycles. The molecule has 74 valence electrons. The zero-order valence-electron chi connectivity index (χ0n) is 9.35. The molecule has 0 fully saturated rings. The first-order valence-corrected chi connectivity index (χ1v) is 5.30. The number of rotatable bonds is 6. The van der Waals surface area contributed by atoms with Crippen molar-refractivity contribution in [3.63, 3.8) is 0 Å². The van der Waals surface area contributed by atoms with Crippen LogP contribution in [0.2, 0.25) is 0 Å². The molecule has 0 amide bonds. The third-order valence-electron chi connectivity index (χ3n) is 2.98. The Morgan fingerprint density at radius 2 is 1.67 bits per heavy atom. The maximum Gasteiger partial charge on any atom is -0.00464 e. The average Bonchev–Trinajstić information content (AvgIpc) is 2.03. The summed E-state index contributed by atoms with van der Waals surface area (Å²) in [6.45, 7) is 13.8. The predicted octanol–water partition coefficient (Wildman–Crippen LogP) is 2.91. The Bertz CT molecular complexity index is 99.2. The molecule has 0 saturated carbocycles. The molecular formula is C11H25N. The highest BCUT2D eigenvalue weighted by Crippen LogP contribution is 2.21. The van der Waals surface area contributed by atoms with Crippen LogP contribution in [0.3, 0.4) is 0 Å². The van der Waals surface area contributed by atoms with E-state index in [1.165, 1.54) is 13.0 Å². The monoisotopic (exact) mass is 171 g/mol. The number of hydrogen-bond donors (Lipinski definition) is 1. The maximum atomic E-state index is 3.37. The van der Waals surface area contributed by atoms with Gasteiger partial charge in [0.25, 0.3) is 0 Å². The van der Waals surface area contributed by atoms with E-state index in [0.29, 0.717) is 0 Å². The summed E-state index contributed by atoms with van der Waals surface area (Å²) in [5, 5.41) is 3.37. The Morgan fingerprint density at radius 3 is 2.08 bits per heavy atom. The van der Waals surface area contributed by atoms with Gasteiger partial charge < -0.3 is 5.32 Å². The van der Waals surface area contributed by atoms with Crippen LogP contribution >= 0.6 is 0 Å². The summed E-state index contributed by atoms with van der Waals surface area (Å²) < 4.78 is 0. The summed E-state index contributed by atoms with van der Waals surface area (Å²) >= 11 is 0. The van der Waals surface area contributed by atoms with Crippen molar-refractivity contribution in [2.24, 2.45) is 17.8 Å². The minimum Gasteiger partial charge on any atom is -0.317 e. The van der Waals surface area contributed by atoms with Crippen LogP contribution in [-0.4, -0.2) is 13.1 Å². The third-order valence-corrected chi connectivity index (χ3v) is 2.98. The minimum absolute atomic E-state index is 0.821. The first-order chi connectivity index (χ1) is 5.59. The van der Waals surface area contributed by atoms with Crippen molar-refractivity contribution in [2.45, 2.75) is 41.0 Å². The summed E-state index contributed by atoms with van der Waals surface area (Å²) in [6, 6.07) is 0. The zero-order valence-corrected chi connectivity index (χ0v) is 9.35. The fourth-order valence-corrected chi connectivity index (χ4v) is 1.43. The van der Waals surface area contributed by atoms with Crippen molar-refractivity contribution in [3.05, 3.63) is 0 Å². The fourth-order valence-electron chi connectivity index (χ4n) is 1.43. The topological polar surface area (TPSA) is 12.0 Å². The standard InChI is InChI=1S/C11H25N/c1-6-12-8-7-10(4)11(5)9(2)3/h9-12H,6-8H2,1-5H3. The molecule has 0 aliphatic rings. The van der Waals surface area contributed by atoms with Gasteiger partial charge in [-0.2, -0.15) is 0 Å². The molecule has 2 unspecified atom stereocenters. The fraction of sp³-hybridized carbons (Fsp3) is 1.00. The highest BCUT2D eigenvalue weighted by Gasteiger charge is 2.14. The highest BCUT2D eigenvalue weighted by atomic mass is 14.8. The quantitative estimate of drug-likeness (QED) is 0.606. The van der Waals surface area contributed by atoms with Gasteiger partial charge in [0.1, 0.15) is 0 Å². The van der Waals surface area contributed by atoms with E-state index in [4.69, 9.17) is 0 Å². The van der Waals surface area contributed by atoms with Gasteiger partial charge in [-0.25, -0.2) is 0 Å². The molecule has 12 heavy (non-hydrogen) atoms. The van der Waals surface area contributed by atoms with Gasteiger partial charge in [-0.05, 0) is 37.3 Å². The van der Waals surface area contributed by atoms with Crippen LogP contribution in [0.5, 0.6) is 0 Å². The van der Waals surface area contributed by atoms with E-state index in [-0.39, 0.29) is 0 Å². The van der Waals surface area contributed by atoms with Crippen LogP contribution in [-0.2, 0) is 0 Å². The smallest absolute Gasteiger partial charge is 0.00464 e. The third kappa shape index (κ3) is 4.76. The lowest BCUT2D eigenvalue weighted by Gasteiger charge is -2.23. The second-order valence-electron chi connectivity index (χ2n) is 4.22. The van der Waals surface area contributed by atoms with Gasteiger partial charge in [0.15, 0.2) is 0 Å². The Morgan fingerprint density at radius 1 is 1.08 bits per heavy atom.